The van der Waals surface area contributed by atoms with E-state index in [9.17, 15) is 9.59 Å². The highest BCUT2D eigenvalue weighted by molar-refractivity contribution is 5.91. The molecule has 0 spiro atoms. The van der Waals surface area contributed by atoms with Crippen molar-refractivity contribution < 1.29 is 23.8 Å². The molecule has 2 aromatic carbocycles. The first kappa shape index (κ1) is 19.5. The number of esters is 2. The average molecular weight is 356 g/mol. The van der Waals surface area contributed by atoms with Gasteiger partial charge in [0.1, 0.15) is 17.2 Å². The third-order valence-electron chi connectivity index (χ3n) is 3.56. The van der Waals surface area contributed by atoms with Crippen LogP contribution in [0.15, 0.2) is 48.5 Å². The van der Waals surface area contributed by atoms with Crippen LogP contribution in [0.3, 0.4) is 0 Å². The molecule has 5 nitrogen and oxygen atoms in total. The van der Waals surface area contributed by atoms with Gasteiger partial charge in [0.05, 0.1) is 12.2 Å². The lowest BCUT2D eigenvalue weighted by Gasteiger charge is -2.08. The number of carbonyl (C=O) groups is 2. The minimum Gasteiger partial charge on any atom is -0.494 e. The number of carbonyl (C=O) groups excluding carboxylic acids is 2. The molecular formula is C21H24O5. The van der Waals surface area contributed by atoms with Crippen molar-refractivity contribution in [2.45, 2.75) is 39.5 Å². The maximum Gasteiger partial charge on any atom is 0.343 e. The van der Waals surface area contributed by atoms with Crippen molar-refractivity contribution in [2.75, 3.05) is 6.61 Å². The number of hydrogen-bond acceptors (Lipinski definition) is 5. The Morgan fingerprint density at radius 1 is 0.769 bits per heavy atom. The van der Waals surface area contributed by atoms with E-state index in [1.54, 1.807) is 48.5 Å². The van der Waals surface area contributed by atoms with E-state index in [4.69, 9.17) is 14.2 Å². The Hall–Kier alpha value is -2.82. The predicted molar refractivity (Wildman–Crippen MR) is 98.8 cm³/mol. The Morgan fingerprint density at radius 2 is 1.35 bits per heavy atom. The molecule has 26 heavy (non-hydrogen) atoms. The van der Waals surface area contributed by atoms with Crippen molar-refractivity contribution in [1.29, 1.82) is 0 Å². The molecule has 0 aliphatic carbocycles. The molecule has 0 radical (unpaired) electrons. The standard InChI is InChI=1S/C21H24O5/c1-3-5-6-20(22)25-18-9-7-16(8-10-18)21(23)26-19-13-11-17(12-14-19)24-15-4-2/h7-14H,3-6,15H2,1-2H3. The fraction of sp³-hybridized carbons (Fsp3) is 0.333. The minimum absolute atomic E-state index is 0.271. The van der Waals surface area contributed by atoms with Crippen molar-refractivity contribution in [3.8, 4) is 17.2 Å². The third-order valence-corrected chi connectivity index (χ3v) is 3.56. The van der Waals surface area contributed by atoms with Gasteiger partial charge in [-0.2, -0.15) is 0 Å². The summed E-state index contributed by atoms with van der Waals surface area (Å²) in [6.45, 7) is 4.70. The lowest BCUT2D eigenvalue weighted by atomic mass is 10.2. The van der Waals surface area contributed by atoms with Crippen LogP contribution in [0.2, 0.25) is 0 Å². The van der Waals surface area contributed by atoms with Crippen molar-refractivity contribution in [3.05, 3.63) is 54.1 Å². The van der Waals surface area contributed by atoms with Gasteiger partial charge in [-0.3, -0.25) is 4.79 Å². The topological polar surface area (TPSA) is 61.8 Å². The fourth-order valence-corrected chi connectivity index (χ4v) is 2.15. The molecule has 0 aliphatic heterocycles. The summed E-state index contributed by atoms with van der Waals surface area (Å²) in [5.41, 5.74) is 0.379. The van der Waals surface area contributed by atoms with E-state index in [0.717, 1.165) is 25.0 Å². The molecule has 138 valence electrons. The Balaban J connectivity index is 1.90. The number of hydrogen-bond donors (Lipinski definition) is 0. The van der Waals surface area contributed by atoms with Gasteiger partial charge in [-0.1, -0.05) is 20.3 Å². The molecule has 2 aromatic rings. The minimum atomic E-state index is -0.476. The Kier molecular flexibility index (Phi) is 7.68. The summed E-state index contributed by atoms with van der Waals surface area (Å²) in [6.07, 6.45) is 3.05. The molecule has 0 amide bonds. The molecule has 0 aliphatic rings. The highest BCUT2D eigenvalue weighted by Gasteiger charge is 2.10. The first-order valence-electron chi connectivity index (χ1n) is 8.88. The molecule has 5 heteroatoms. The van der Waals surface area contributed by atoms with Gasteiger partial charge in [0.15, 0.2) is 0 Å². The molecule has 2 rings (SSSR count). The van der Waals surface area contributed by atoms with Gasteiger partial charge in [0, 0.05) is 6.42 Å². The molecule has 0 heterocycles. The highest BCUT2D eigenvalue weighted by Crippen LogP contribution is 2.20. The van der Waals surface area contributed by atoms with E-state index in [2.05, 4.69) is 0 Å². The van der Waals surface area contributed by atoms with Gasteiger partial charge in [-0.15, -0.1) is 0 Å². The predicted octanol–water partition coefficient (Wildman–Crippen LogP) is 4.79. The maximum absolute atomic E-state index is 12.2. The van der Waals surface area contributed by atoms with Crippen LogP contribution in [0.4, 0.5) is 0 Å². The van der Waals surface area contributed by atoms with Crippen LogP contribution in [0.5, 0.6) is 17.2 Å². The fourth-order valence-electron chi connectivity index (χ4n) is 2.15. The molecule has 0 unspecified atom stereocenters. The monoisotopic (exact) mass is 356 g/mol. The van der Waals surface area contributed by atoms with E-state index in [-0.39, 0.29) is 5.97 Å². The number of rotatable bonds is 9. The van der Waals surface area contributed by atoms with Crippen LogP contribution in [0, 0.1) is 0 Å². The average Bonchev–Trinajstić information content (AvgIpc) is 2.66. The summed E-state index contributed by atoms with van der Waals surface area (Å²) in [5.74, 6) is 0.846. The van der Waals surface area contributed by atoms with Crippen molar-refractivity contribution >= 4 is 11.9 Å². The van der Waals surface area contributed by atoms with Gasteiger partial charge < -0.3 is 14.2 Å². The van der Waals surface area contributed by atoms with Crippen LogP contribution in [-0.4, -0.2) is 18.5 Å². The van der Waals surface area contributed by atoms with E-state index >= 15 is 0 Å². The summed E-state index contributed by atoms with van der Waals surface area (Å²) in [5, 5.41) is 0. The van der Waals surface area contributed by atoms with E-state index < -0.39 is 5.97 Å². The van der Waals surface area contributed by atoms with E-state index in [1.807, 2.05) is 13.8 Å². The molecular weight excluding hydrogens is 332 g/mol. The van der Waals surface area contributed by atoms with Crippen LogP contribution in [0.25, 0.3) is 0 Å². The Bertz CT molecular complexity index is 704. The second kappa shape index (κ2) is 10.2. The molecule has 0 atom stereocenters. The molecule has 0 aromatic heterocycles. The molecule has 0 saturated carbocycles. The number of ether oxygens (including phenoxy) is 3. The van der Waals surface area contributed by atoms with Crippen LogP contribution < -0.4 is 14.2 Å². The summed E-state index contributed by atoms with van der Waals surface area (Å²) in [4.78, 5) is 23.8. The second-order valence-electron chi connectivity index (χ2n) is 5.81. The van der Waals surface area contributed by atoms with Crippen molar-refractivity contribution in [1.82, 2.24) is 0 Å². The summed E-state index contributed by atoms with van der Waals surface area (Å²) in [6, 6.07) is 13.2. The zero-order chi connectivity index (χ0) is 18.8. The largest absolute Gasteiger partial charge is 0.494 e. The smallest absolute Gasteiger partial charge is 0.343 e. The highest BCUT2D eigenvalue weighted by atomic mass is 16.5. The summed E-state index contributed by atoms with van der Waals surface area (Å²) >= 11 is 0. The Morgan fingerprint density at radius 3 is 1.96 bits per heavy atom. The van der Waals surface area contributed by atoms with E-state index in [0.29, 0.717) is 30.1 Å². The zero-order valence-electron chi connectivity index (χ0n) is 15.2. The number of unbranched alkanes of at least 4 members (excludes halogenated alkanes) is 1. The second-order valence-corrected chi connectivity index (χ2v) is 5.81. The third kappa shape index (κ3) is 6.24. The molecule has 0 N–H and O–H groups in total. The van der Waals surface area contributed by atoms with Gasteiger partial charge in [0.25, 0.3) is 0 Å². The van der Waals surface area contributed by atoms with Crippen molar-refractivity contribution in [2.24, 2.45) is 0 Å². The van der Waals surface area contributed by atoms with Gasteiger partial charge in [-0.25, -0.2) is 4.79 Å². The first-order valence-corrected chi connectivity index (χ1v) is 8.88. The maximum atomic E-state index is 12.2. The first-order chi connectivity index (χ1) is 12.6. The molecule has 0 fully saturated rings. The summed E-state index contributed by atoms with van der Waals surface area (Å²) in [7, 11) is 0. The lowest BCUT2D eigenvalue weighted by Crippen LogP contribution is -2.10. The zero-order valence-corrected chi connectivity index (χ0v) is 15.2. The molecule has 0 bridgehead atoms. The van der Waals surface area contributed by atoms with Crippen LogP contribution >= 0.6 is 0 Å². The van der Waals surface area contributed by atoms with Gasteiger partial charge in [0.2, 0.25) is 0 Å². The van der Waals surface area contributed by atoms with E-state index in [1.165, 1.54) is 0 Å². The quantitative estimate of drug-likeness (QED) is 0.477. The Labute approximate surface area is 153 Å². The number of benzene rings is 2. The SMILES string of the molecule is CCCCC(=O)Oc1ccc(C(=O)Oc2ccc(OCCC)cc2)cc1. The molecule has 0 saturated heterocycles. The lowest BCUT2D eigenvalue weighted by molar-refractivity contribution is -0.134. The van der Waals surface area contributed by atoms with Crippen LogP contribution in [-0.2, 0) is 4.79 Å². The normalized spacial score (nSPS) is 10.2. The van der Waals surface area contributed by atoms with Crippen molar-refractivity contribution in [3.63, 3.8) is 0 Å². The van der Waals surface area contributed by atoms with Gasteiger partial charge >= 0.3 is 11.9 Å². The van der Waals surface area contributed by atoms with Gasteiger partial charge in [-0.05, 0) is 61.4 Å². The summed E-state index contributed by atoms with van der Waals surface area (Å²) < 4.78 is 16.0. The van der Waals surface area contributed by atoms with Crippen LogP contribution in [0.1, 0.15) is 49.9 Å².